The Bertz CT molecular complexity index is 120. The highest BCUT2D eigenvalue weighted by atomic mass is 16.1. The molecule has 1 nitrogen and oxygen atoms in total. The highest BCUT2D eigenvalue weighted by Gasteiger charge is 2.20. The average Bonchev–Trinajstić information content (AvgIpc) is 2.03. The first-order valence-electron chi connectivity index (χ1n) is 4.78. The number of hydrogen-bond acceptors (Lipinski definition) is 1. The lowest BCUT2D eigenvalue weighted by molar-refractivity contribution is -0.108. The minimum Gasteiger partial charge on any atom is -0.303 e. The highest BCUT2D eigenvalue weighted by molar-refractivity contribution is 5.49. The van der Waals surface area contributed by atoms with E-state index in [2.05, 4.69) is 6.92 Å². The second-order valence-corrected chi connectivity index (χ2v) is 3.77. The number of rotatable bonds is 3. The molecule has 0 radical (unpaired) electrons. The molecule has 0 unspecified atom stereocenters. The maximum absolute atomic E-state index is 10.2. The Balaban J connectivity index is 2.23. The molecule has 0 spiro atoms. The van der Waals surface area contributed by atoms with Gasteiger partial charge in [0.1, 0.15) is 6.29 Å². The van der Waals surface area contributed by atoms with Crippen molar-refractivity contribution in [2.75, 3.05) is 0 Å². The van der Waals surface area contributed by atoms with Gasteiger partial charge in [0.25, 0.3) is 0 Å². The Morgan fingerprint density at radius 1 is 1.36 bits per heavy atom. The zero-order valence-corrected chi connectivity index (χ0v) is 7.38. The van der Waals surface area contributed by atoms with E-state index in [1.165, 1.54) is 25.7 Å². The summed E-state index contributed by atoms with van der Waals surface area (Å²) in [5.41, 5.74) is 0. The predicted octanol–water partition coefficient (Wildman–Crippen LogP) is 2.79. The summed E-state index contributed by atoms with van der Waals surface area (Å²) in [4.78, 5) is 10.2. The monoisotopic (exact) mass is 154 g/mol. The Morgan fingerprint density at radius 2 is 2.09 bits per heavy atom. The number of hydrogen-bond donors (Lipinski definition) is 0. The van der Waals surface area contributed by atoms with Gasteiger partial charge in [-0.2, -0.15) is 0 Å². The molecule has 0 N–H and O–H groups in total. The molecule has 0 aliphatic heterocycles. The molecule has 0 aromatic rings. The molecule has 0 saturated heterocycles. The maximum atomic E-state index is 10.2. The van der Waals surface area contributed by atoms with Crippen LogP contribution in [-0.4, -0.2) is 6.29 Å². The van der Waals surface area contributed by atoms with Gasteiger partial charge in [0.2, 0.25) is 0 Å². The van der Waals surface area contributed by atoms with E-state index in [0.717, 1.165) is 31.0 Å². The lowest BCUT2D eigenvalue weighted by atomic mass is 9.78. The Kier molecular flexibility index (Phi) is 3.61. The van der Waals surface area contributed by atoms with Crippen molar-refractivity contribution >= 4 is 6.29 Å². The molecule has 1 heteroatoms. The van der Waals surface area contributed by atoms with Crippen molar-refractivity contribution in [2.45, 2.75) is 45.4 Å². The molecule has 1 aliphatic rings. The van der Waals surface area contributed by atoms with Crippen LogP contribution in [0.15, 0.2) is 0 Å². The highest BCUT2D eigenvalue weighted by Crippen LogP contribution is 2.32. The molecule has 1 saturated carbocycles. The van der Waals surface area contributed by atoms with Crippen LogP contribution in [-0.2, 0) is 4.79 Å². The minimum absolute atomic E-state index is 0.773. The van der Waals surface area contributed by atoms with Crippen molar-refractivity contribution in [1.82, 2.24) is 0 Å². The maximum Gasteiger partial charge on any atom is 0.120 e. The standard InChI is InChI=1S/C10H18O/c1-9-5-2-3-6-10(9)7-4-8-11/h8-10H,2-7H2,1H3/t9-,10-/m1/s1. The Morgan fingerprint density at radius 3 is 2.73 bits per heavy atom. The lowest BCUT2D eigenvalue weighted by Crippen LogP contribution is -2.16. The van der Waals surface area contributed by atoms with Gasteiger partial charge in [-0.3, -0.25) is 0 Å². The average molecular weight is 154 g/mol. The third-order valence-electron chi connectivity index (χ3n) is 2.94. The second-order valence-electron chi connectivity index (χ2n) is 3.77. The van der Waals surface area contributed by atoms with Gasteiger partial charge in [0, 0.05) is 6.42 Å². The van der Waals surface area contributed by atoms with Crippen LogP contribution in [0.1, 0.15) is 45.4 Å². The molecular weight excluding hydrogens is 136 g/mol. The molecule has 11 heavy (non-hydrogen) atoms. The number of carbonyl (C=O) groups excluding carboxylic acids is 1. The van der Waals surface area contributed by atoms with Crippen LogP contribution in [0.4, 0.5) is 0 Å². The Labute approximate surface area is 69.2 Å². The molecule has 1 aliphatic carbocycles. The predicted molar refractivity (Wildman–Crippen MR) is 46.4 cm³/mol. The summed E-state index contributed by atoms with van der Waals surface area (Å²) in [6, 6.07) is 0. The van der Waals surface area contributed by atoms with Crippen molar-refractivity contribution in [3.05, 3.63) is 0 Å². The molecule has 64 valence electrons. The van der Waals surface area contributed by atoms with E-state index in [9.17, 15) is 4.79 Å². The molecule has 0 aromatic carbocycles. The van der Waals surface area contributed by atoms with Gasteiger partial charge in [0.05, 0.1) is 0 Å². The first-order chi connectivity index (χ1) is 5.34. The SMILES string of the molecule is C[C@@H]1CCCC[C@@H]1CCC=O. The lowest BCUT2D eigenvalue weighted by Gasteiger charge is -2.27. The summed E-state index contributed by atoms with van der Waals surface area (Å²) in [7, 11) is 0. The van der Waals surface area contributed by atoms with Gasteiger partial charge >= 0.3 is 0 Å². The molecule has 0 aromatic heterocycles. The van der Waals surface area contributed by atoms with Crippen LogP contribution in [0.25, 0.3) is 0 Å². The zero-order valence-electron chi connectivity index (χ0n) is 7.38. The Hall–Kier alpha value is -0.330. The first kappa shape index (κ1) is 8.76. The minimum atomic E-state index is 0.773. The number of aldehydes is 1. The molecule has 0 bridgehead atoms. The van der Waals surface area contributed by atoms with E-state index in [1.54, 1.807) is 0 Å². The van der Waals surface area contributed by atoms with Crippen molar-refractivity contribution < 1.29 is 4.79 Å². The van der Waals surface area contributed by atoms with Gasteiger partial charge in [-0.15, -0.1) is 0 Å². The first-order valence-corrected chi connectivity index (χ1v) is 4.78. The van der Waals surface area contributed by atoms with Crippen molar-refractivity contribution in [3.8, 4) is 0 Å². The van der Waals surface area contributed by atoms with E-state index in [1.807, 2.05) is 0 Å². The van der Waals surface area contributed by atoms with Crippen LogP contribution < -0.4 is 0 Å². The van der Waals surface area contributed by atoms with Crippen LogP contribution >= 0.6 is 0 Å². The molecule has 1 fully saturated rings. The van der Waals surface area contributed by atoms with E-state index in [0.29, 0.717) is 0 Å². The van der Waals surface area contributed by atoms with Crippen molar-refractivity contribution in [3.63, 3.8) is 0 Å². The normalized spacial score (nSPS) is 31.7. The fourth-order valence-electron chi connectivity index (χ4n) is 2.10. The van der Waals surface area contributed by atoms with Crippen molar-refractivity contribution in [2.24, 2.45) is 11.8 Å². The largest absolute Gasteiger partial charge is 0.303 e. The fraction of sp³-hybridized carbons (Fsp3) is 0.900. The van der Waals surface area contributed by atoms with E-state index >= 15 is 0 Å². The third kappa shape index (κ3) is 2.64. The van der Waals surface area contributed by atoms with Gasteiger partial charge in [0.15, 0.2) is 0 Å². The van der Waals surface area contributed by atoms with Crippen LogP contribution in [0, 0.1) is 11.8 Å². The van der Waals surface area contributed by atoms with Gasteiger partial charge in [-0.1, -0.05) is 32.6 Å². The van der Waals surface area contributed by atoms with E-state index < -0.39 is 0 Å². The molecule has 0 heterocycles. The van der Waals surface area contributed by atoms with Gasteiger partial charge < -0.3 is 4.79 Å². The van der Waals surface area contributed by atoms with Gasteiger partial charge in [-0.25, -0.2) is 0 Å². The van der Waals surface area contributed by atoms with Gasteiger partial charge in [-0.05, 0) is 18.3 Å². The van der Waals surface area contributed by atoms with Crippen LogP contribution in [0.2, 0.25) is 0 Å². The third-order valence-corrected chi connectivity index (χ3v) is 2.94. The van der Waals surface area contributed by atoms with Crippen molar-refractivity contribution in [1.29, 1.82) is 0 Å². The summed E-state index contributed by atoms with van der Waals surface area (Å²) in [5.74, 6) is 1.71. The molecule has 1 rings (SSSR count). The summed E-state index contributed by atoms with van der Waals surface area (Å²) in [5, 5.41) is 0. The quantitative estimate of drug-likeness (QED) is 0.571. The summed E-state index contributed by atoms with van der Waals surface area (Å²) >= 11 is 0. The van der Waals surface area contributed by atoms with E-state index in [4.69, 9.17) is 0 Å². The van der Waals surface area contributed by atoms with Crippen LogP contribution in [0.5, 0.6) is 0 Å². The topological polar surface area (TPSA) is 17.1 Å². The fourth-order valence-corrected chi connectivity index (χ4v) is 2.10. The zero-order chi connectivity index (χ0) is 8.10. The van der Waals surface area contributed by atoms with E-state index in [-0.39, 0.29) is 0 Å². The van der Waals surface area contributed by atoms with Crippen LogP contribution in [0.3, 0.4) is 0 Å². The molecule has 2 atom stereocenters. The summed E-state index contributed by atoms with van der Waals surface area (Å²) in [6.07, 6.45) is 8.48. The molecular formula is C10H18O. The summed E-state index contributed by atoms with van der Waals surface area (Å²) in [6.45, 7) is 2.33. The number of carbonyl (C=O) groups is 1. The smallest absolute Gasteiger partial charge is 0.120 e. The second kappa shape index (κ2) is 4.53. The summed E-state index contributed by atoms with van der Waals surface area (Å²) < 4.78 is 0. The molecule has 0 amide bonds.